The van der Waals surface area contributed by atoms with Gasteiger partial charge in [-0.1, -0.05) is 48.9 Å². The van der Waals surface area contributed by atoms with Crippen LogP contribution in [0.25, 0.3) is 10.6 Å². The first kappa shape index (κ1) is 19.1. The molecule has 0 saturated heterocycles. The van der Waals surface area contributed by atoms with Crippen molar-refractivity contribution in [2.75, 3.05) is 11.9 Å². The normalized spacial score (nSPS) is 10.4. The third kappa shape index (κ3) is 4.93. The minimum Gasteiger partial charge on any atom is -0.342 e. The van der Waals surface area contributed by atoms with Crippen LogP contribution in [0, 0.1) is 0 Å². The number of carbonyl (C=O) groups excluding carboxylic acids is 2. The maximum Gasteiger partial charge on any atom is 0.271 e. The Morgan fingerprint density at radius 2 is 1.85 bits per heavy atom. The highest BCUT2D eigenvalue weighted by molar-refractivity contribution is 7.13. The van der Waals surface area contributed by atoms with Crippen molar-refractivity contribution in [1.82, 2.24) is 10.3 Å². The Kier molecular flexibility index (Phi) is 6.21. The smallest absolute Gasteiger partial charge is 0.271 e. The van der Waals surface area contributed by atoms with Crippen LogP contribution in [-0.2, 0) is 11.2 Å². The summed E-state index contributed by atoms with van der Waals surface area (Å²) in [5.41, 5.74) is 2.98. The summed E-state index contributed by atoms with van der Waals surface area (Å²) >= 11 is 7.25. The fourth-order valence-corrected chi connectivity index (χ4v) is 3.43. The topological polar surface area (TPSA) is 71.1 Å². The van der Waals surface area contributed by atoms with Crippen LogP contribution in [0.2, 0.25) is 5.02 Å². The Morgan fingerprint density at radius 3 is 2.59 bits per heavy atom. The van der Waals surface area contributed by atoms with E-state index in [1.54, 1.807) is 17.5 Å². The van der Waals surface area contributed by atoms with E-state index in [4.69, 9.17) is 11.6 Å². The van der Waals surface area contributed by atoms with Gasteiger partial charge >= 0.3 is 0 Å². The van der Waals surface area contributed by atoms with Crippen LogP contribution in [0.4, 0.5) is 5.69 Å². The zero-order chi connectivity index (χ0) is 19.2. The summed E-state index contributed by atoms with van der Waals surface area (Å²) in [5, 5.41) is 8.46. The van der Waals surface area contributed by atoms with E-state index in [9.17, 15) is 9.59 Å². The molecule has 0 fully saturated rings. The molecule has 0 aliphatic carbocycles. The van der Waals surface area contributed by atoms with Gasteiger partial charge in [0, 0.05) is 21.7 Å². The van der Waals surface area contributed by atoms with Crippen molar-refractivity contribution in [3.63, 3.8) is 0 Å². The van der Waals surface area contributed by atoms with E-state index in [2.05, 4.69) is 15.6 Å². The first-order valence-corrected chi connectivity index (χ1v) is 9.70. The molecule has 0 spiro atoms. The van der Waals surface area contributed by atoms with Gasteiger partial charge in [0.1, 0.15) is 10.7 Å². The molecule has 0 unspecified atom stereocenters. The van der Waals surface area contributed by atoms with Crippen molar-refractivity contribution in [2.24, 2.45) is 0 Å². The number of rotatable bonds is 6. The number of thiazole rings is 1. The van der Waals surface area contributed by atoms with Crippen LogP contribution >= 0.6 is 22.9 Å². The van der Waals surface area contributed by atoms with Crippen molar-refractivity contribution in [3.8, 4) is 10.6 Å². The van der Waals surface area contributed by atoms with E-state index in [1.807, 2.05) is 43.3 Å². The van der Waals surface area contributed by atoms with E-state index < -0.39 is 0 Å². The lowest BCUT2D eigenvalue weighted by Gasteiger charge is -2.09. The van der Waals surface area contributed by atoms with Gasteiger partial charge in [-0.3, -0.25) is 9.59 Å². The number of aryl methyl sites for hydroxylation is 1. The van der Waals surface area contributed by atoms with Crippen LogP contribution in [0.15, 0.2) is 53.9 Å². The van der Waals surface area contributed by atoms with E-state index in [0.717, 1.165) is 28.2 Å². The molecule has 2 N–H and O–H groups in total. The fraction of sp³-hybridized carbons (Fsp3) is 0.150. The van der Waals surface area contributed by atoms with Crippen molar-refractivity contribution < 1.29 is 9.59 Å². The van der Waals surface area contributed by atoms with Gasteiger partial charge in [0.05, 0.1) is 6.54 Å². The highest BCUT2D eigenvalue weighted by Gasteiger charge is 2.13. The maximum absolute atomic E-state index is 12.3. The third-order valence-corrected chi connectivity index (χ3v) is 5.05. The van der Waals surface area contributed by atoms with Crippen LogP contribution in [0.1, 0.15) is 23.0 Å². The highest BCUT2D eigenvalue weighted by atomic mass is 35.5. The van der Waals surface area contributed by atoms with Crippen molar-refractivity contribution in [1.29, 1.82) is 0 Å². The summed E-state index contributed by atoms with van der Waals surface area (Å²) in [6.07, 6.45) is 0.815. The quantitative estimate of drug-likeness (QED) is 0.645. The van der Waals surface area contributed by atoms with Gasteiger partial charge in [-0.25, -0.2) is 4.98 Å². The van der Waals surface area contributed by atoms with Gasteiger partial charge in [0.25, 0.3) is 5.91 Å². The number of aromatic nitrogens is 1. The second kappa shape index (κ2) is 8.79. The predicted molar refractivity (Wildman–Crippen MR) is 109 cm³/mol. The number of nitrogens with one attached hydrogen (secondary N) is 2. The molecule has 5 nitrogen and oxygen atoms in total. The molecule has 2 amide bonds. The second-order valence-electron chi connectivity index (χ2n) is 5.79. The van der Waals surface area contributed by atoms with Gasteiger partial charge < -0.3 is 10.6 Å². The Bertz CT molecular complexity index is 954. The largest absolute Gasteiger partial charge is 0.342 e. The first-order chi connectivity index (χ1) is 13.1. The summed E-state index contributed by atoms with van der Waals surface area (Å²) in [5.74, 6) is -0.664. The Balaban J connectivity index is 1.58. The zero-order valence-electron chi connectivity index (χ0n) is 14.7. The number of carbonyl (C=O) groups is 2. The first-order valence-electron chi connectivity index (χ1n) is 8.44. The monoisotopic (exact) mass is 399 g/mol. The van der Waals surface area contributed by atoms with Gasteiger partial charge in [-0.15, -0.1) is 11.3 Å². The SMILES string of the molecule is CCc1ccccc1NC(=O)CNC(=O)c1csc(-c2ccc(Cl)cc2)n1. The maximum atomic E-state index is 12.3. The van der Waals surface area contributed by atoms with Gasteiger partial charge in [0.2, 0.25) is 5.91 Å². The Labute approximate surface area is 166 Å². The number of nitrogens with zero attached hydrogens (tertiary/aromatic N) is 1. The summed E-state index contributed by atoms with van der Waals surface area (Å²) in [7, 11) is 0. The molecule has 27 heavy (non-hydrogen) atoms. The minimum atomic E-state index is -0.384. The number of halogens is 1. The molecular weight excluding hydrogens is 382 g/mol. The van der Waals surface area contributed by atoms with E-state index in [0.29, 0.717) is 5.02 Å². The number of hydrogen-bond acceptors (Lipinski definition) is 4. The average molecular weight is 400 g/mol. The molecule has 1 heterocycles. The number of hydrogen-bond donors (Lipinski definition) is 2. The van der Waals surface area contributed by atoms with E-state index >= 15 is 0 Å². The summed E-state index contributed by atoms with van der Waals surface area (Å²) < 4.78 is 0. The molecule has 0 atom stereocenters. The molecule has 0 aliphatic heterocycles. The zero-order valence-corrected chi connectivity index (χ0v) is 16.2. The fourth-order valence-electron chi connectivity index (χ4n) is 2.50. The Morgan fingerprint density at radius 1 is 1.11 bits per heavy atom. The van der Waals surface area contributed by atoms with Crippen molar-refractivity contribution in [2.45, 2.75) is 13.3 Å². The molecule has 0 aliphatic rings. The number of benzene rings is 2. The lowest BCUT2D eigenvalue weighted by Crippen LogP contribution is -2.33. The summed E-state index contributed by atoms with van der Waals surface area (Å²) in [6.45, 7) is 1.90. The molecule has 1 aromatic heterocycles. The molecule has 0 saturated carbocycles. The second-order valence-corrected chi connectivity index (χ2v) is 7.08. The van der Waals surface area contributed by atoms with Crippen molar-refractivity contribution >= 4 is 40.4 Å². The van der Waals surface area contributed by atoms with Crippen LogP contribution < -0.4 is 10.6 Å². The standard InChI is InChI=1S/C20H18ClN3O2S/c1-2-13-5-3-4-6-16(13)23-18(25)11-22-19(26)17-12-27-20(24-17)14-7-9-15(21)10-8-14/h3-10,12H,2,11H2,1H3,(H,22,26)(H,23,25). The predicted octanol–water partition coefficient (Wildman–Crippen LogP) is 4.39. The van der Waals surface area contributed by atoms with E-state index in [1.165, 1.54) is 11.3 Å². The Hall–Kier alpha value is -2.70. The lowest BCUT2D eigenvalue weighted by molar-refractivity contribution is -0.115. The molecule has 2 aromatic carbocycles. The number of anilines is 1. The van der Waals surface area contributed by atoms with Crippen LogP contribution in [0.3, 0.4) is 0 Å². The molecule has 3 rings (SSSR count). The molecule has 0 bridgehead atoms. The molecule has 138 valence electrons. The van der Waals surface area contributed by atoms with Gasteiger partial charge in [0.15, 0.2) is 0 Å². The number of para-hydroxylation sites is 1. The minimum absolute atomic E-state index is 0.120. The average Bonchev–Trinajstić information content (AvgIpc) is 3.17. The van der Waals surface area contributed by atoms with Crippen LogP contribution in [-0.4, -0.2) is 23.3 Å². The molecular formula is C20H18ClN3O2S. The van der Waals surface area contributed by atoms with E-state index in [-0.39, 0.29) is 24.1 Å². The van der Waals surface area contributed by atoms with Gasteiger partial charge in [-0.05, 0) is 30.2 Å². The molecule has 7 heteroatoms. The van der Waals surface area contributed by atoms with Crippen LogP contribution in [0.5, 0.6) is 0 Å². The lowest BCUT2D eigenvalue weighted by atomic mass is 10.1. The molecule has 0 radical (unpaired) electrons. The number of amides is 2. The van der Waals surface area contributed by atoms with Gasteiger partial charge in [-0.2, -0.15) is 0 Å². The summed E-state index contributed by atoms with van der Waals surface area (Å²) in [4.78, 5) is 28.7. The highest BCUT2D eigenvalue weighted by Crippen LogP contribution is 2.25. The summed E-state index contributed by atoms with van der Waals surface area (Å²) in [6, 6.07) is 14.8. The molecule has 3 aromatic rings. The van der Waals surface area contributed by atoms with Crippen molar-refractivity contribution in [3.05, 3.63) is 70.2 Å². The third-order valence-electron chi connectivity index (χ3n) is 3.91.